The van der Waals surface area contributed by atoms with Gasteiger partial charge >= 0.3 is 0 Å². The maximum absolute atomic E-state index is 13.2. The number of oxime groups is 1. The van der Waals surface area contributed by atoms with Gasteiger partial charge in [-0.2, -0.15) is 0 Å². The molecular weight excluding hydrogens is 467 g/mol. The smallest absolute Gasteiger partial charge is 0.145 e. The summed E-state index contributed by atoms with van der Waals surface area (Å²) >= 11 is 1.66. The standard InChI is InChI=1S/C26H31FN4O3S/c1-17-13-30(15-23-12-24(29-34-23)19-3-5-20(27)6-4-19)9-10-31(17)14-21(32)16-33-22-7-8-26-25(11-22)28-18(2)35-26/h3-8,11,17,21,23,32H,9-10,12-16H2,1-2H3. The molecule has 3 heterocycles. The van der Waals surface area contributed by atoms with Crippen LogP contribution >= 0.6 is 11.3 Å². The maximum atomic E-state index is 13.2. The van der Waals surface area contributed by atoms with Crippen LogP contribution in [0.4, 0.5) is 4.39 Å². The number of ether oxygens (including phenoxy) is 1. The van der Waals surface area contributed by atoms with Crippen molar-refractivity contribution in [3.05, 3.63) is 58.9 Å². The first-order chi connectivity index (χ1) is 16.9. The van der Waals surface area contributed by atoms with Crippen LogP contribution in [0.2, 0.25) is 0 Å². The second kappa shape index (κ2) is 10.6. The molecule has 7 nitrogen and oxygen atoms in total. The van der Waals surface area contributed by atoms with Gasteiger partial charge in [-0.1, -0.05) is 17.3 Å². The Bertz CT molecular complexity index is 1190. The van der Waals surface area contributed by atoms with Gasteiger partial charge in [0.15, 0.2) is 0 Å². The molecule has 0 aliphatic carbocycles. The van der Waals surface area contributed by atoms with Gasteiger partial charge in [-0.3, -0.25) is 9.80 Å². The number of aryl methyl sites for hydroxylation is 1. The van der Waals surface area contributed by atoms with Gasteiger partial charge in [0.1, 0.15) is 30.4 Å². The van der Waals surface area contributed by atoms with Gasteiger partial charge in [-0.25, -0.2) is 9.37 Å². The number of hydrogen-bond acceptors (Lipinski definition) is 8. The lowest BCUT2D eigenvalue weighted by atomic mass is 10.0. The topological polar surface area (TPSA) is 70.4 Å². The lowest BCUT2D eigenvalue weighted by Crippen LogP contribution is -2.55. The summed E-state index contributed by atoms with van der Waals surface area (Å²) in [4.78, 5) is 14.9. The van der Waals surface area contributed by atoms with E-state index in [1.165, 1.54) is 12.1 Å². The minimum atomic E-state index is -0.568. The van der Waals surface area contributed by atoms with Crippen LogP contribution in [-0.4, -0.2) is 83.2 Å². The summed E-state index contributed by atoms with van der Waals surface area (Å²) in [6.07, 6.45) is 0.163. The Kier molecular flexibility index (Phi) is 7.29. The van der Waals surface area contributed by atoms with Gasteiger partial charge in [-0.05, 0) is 43.7 Å². The summed E-state index contributed by atoms with van der Waals surface area (Å²) in [5.74, 6) is 0.485. The van der Waals surface area contributed by atoms with E-state index in [0.29, 0.717) is 12.6 Å². The van der Waals surface area contributed by atoms with Gasteiger partial charge in [0, 0.05) is 51.3 Å². The minimum absolute atomic E-state index is 0.00614. The summed E-state index contributed by atoms with van der Waals surface area (Å²) in [5.41, 5.74) is 2.71. The molecule has 2 aliphatic heterocycles. The SMILES string of the molecule is Cc1nc2cc(OCC(O)CN3CCN(CC4CC(c5ccc(F)cc5)=NO4)CC3C)ccc2s1. The van der Waals surface area contributed by atoms with Crippen molar-refractivity contribution in [2.24, 2.45) is 5.16 Å². The molecule has 1 N–H and O–H groups in total. The van der Waals surface area contributed by atoms with Gasteiger partial charge in [0.25, 0.3) is 0 Å². The van der Waals surface area contributed by atoms with Crippen LogP contribution in [0.15, 0.2) is 47.6 Å². The Morgan fingerprint density at radius 2 is 2.06 bits per heavy atom. The molecule has 0 radical (unpaired) electrons. The third-order valence-electron chi connectivity index (χ3n) is 6.58. The molecule has 5 rings (SSSR count). The first-order valence-corrected chi connectivity index (χ1v) is 12.9. The van der Waals surface area contributed by atoms with Crippen LogP contribution in [0.3, 0.4) is 0 Å². The second-order valence-corrected chi connectivity index (χ2v) is 10.6. The molecule has 3 unspecified atom stereocenters. The summed E-state index contributed by atoms with van der Waals surface area (Å²) < 4.78 is 20.2. The third-order valence-corrected chi connectivity index (χ3v) is 7.53. The fourth-order valence-electron chi connectivity index (χ4n) is 4.76. The van der Waals surface area contributed by atoms with E-state index in [9.17, 15) is 9.50 Å². The zero-order valence-corrected chi connectivity index (χ0v) is 20.9. The molecule has 186 valence electrons. The highest BCUT2D eigenvalue weighted by Crippen LogP contribution is 2.26. The highest BCUT2D eigenvalue weighted by atomic mass is 32.1. The molecule has 1 fully saturated rings. The zero-order valence-electron chi connectivity index (χ0n) is 20.1. The van der Waals surface area contributed by atoms with E-state index < -0.39 is 6.10 Å². The third kappa shape index (κ3) is 5.98. The fraction of sp³-hybridized carbons (Fsp3) is 0.462. The van der Waals surface area contributed by atoms with Crippen molar-refractivity contribution in [3.8, 4) is 5.75 Å². The van der Waals surface area contributed by atoms with Crippen LogP contribution in [0.5, 0.6) is 5.75 Å². The number of β-amino-alcohol motifs (C(OH)–C–C–N with tert-alkyl or cyclic N) is 1. The van der Waals surface area contributed by atoms with Gasteiger partial charge in [-0.15, -0.1) is 11.3 Å². The van der Waals surface area contributed by atoms with Gasteiger partial charge < -0.3 is 14.7 Å². The normalized spacial score (nSPS) is 22.2. The molecule has 2 aromatic carbocycles. The molecule has 1 saturated heterocycles. The van der Waals surface area contributed by atoms with Crippen LogP contribution in [0, 0.1) is 12.7 Å². The number of rotatable bonds is 8. The highest BCUT2D eigenvalue weighted by molar-refractivity contribution is 7.18. The van der Waals surface area contributed by atoms with Crippen molar-refractivity contribution < 1.29 is 19.1 Å². The van der Waals surface area contributed by atoms with Crippen LogP contribution < -0.4 is 4.74 Å². The zero-order chi connectivity index (χ0) is 24.4. The number of aliphatic hydroxyl groups excluding tert-OH is 1. The number of thiazole rings is 1. The minimum Gasteiger partial charge on any atom is -0.491 e. The summed E-state index contributed by atoms with van der Waals surface area (Å²) in [5, 5.41) is 15.9. The molecule has 0 saturated carbocycles. The number of hydrogen-bond donors (Lipinski definition) is 1. The average Bonchev–Trinajstić information content (AvgIpc) is 3.45. The van der Waals surface area contributed by atoms with Crippen LogP contribution in [0.1, 0.15) is 23.9 Å². The number of piperazine rings is 1. The van der Waals surface area contributed by atoms with Gasteiger partial charge in [0.05, 0.1) is 20.9 Å². The average molecular weight is 499 g/mol. The number of aromatic nitrogens is 1. The molecule has 0 spiro atoms. The van der Waals surface area contributed by atoms with Gasteiger partial charge in [0.2, 0.25) is 0 Å². The summed E-state index contributed by atoms with van der Waals surface area (Å²) in [6, 6.07) is 12.6. The predicted octanol–water partition coefficient (Wildman–Crippen LogP) is 3.68. The van der Waals surface area contributed by atoms with Crippen molar-refractivity contribution in [3.63, 3.8) is 0 Å². The molecule has 0 amide bonds. The number of aliphatic hydroxyl groups is 1. The Balaban J connectivity index is 1.05. The Labute approximate surface area is 208 Å². The Hall–Kier alpha value is -2.59. The first kappa shape index (κ1) is 24.1. The second-order valence-electron chi connectivity index (χ2n) is 9.41. The molecular formula is C26H31FN4O3S. The van der Waals surface area contributed by atoms with Crippen molar-refractivity contribution in [1.29, 1.82) is 0 Å². The molecule has 35 heavy (non-hydrogen) atoms. The van der Waals surface area contributed by atoms with E-state index >= 15 is 0 Å². The van der Waals surface area contributed by atoms with E-state index in [4.69, 9.17) is 9.57 Å². The van der Waals surface area contributed by atoms with E-state index in [1.54, 1.807) is 23.5 Å². The lowest BCUT2D eigenvalue weighted by Gasteiger charge is -2.41. The van der Waals surface area contributed by atoms with E-state index in [1.807, 2.05) is 25.1 Å². The molecule has 3 atom stereocenters. The van der Waals surface area contributed by atoms with E-state index in [2.05, 4.69) is 26.9 Å². The quantitative estimate of drug-likeness (QED) is 0.511. The van der Waals surface area contributed by atoms with E-state index in [0.717, 1.165) is 64.8 Å². The summed E-state index contributed by atoms with van der Waals surface area (Å²) in [7, 11) is 0. The summed E-state index contributed by atoms with van der Waals surface area (Å²) in [6.45, 7) is 8.50. The Morgan fingerprint density at radius 1 is 1.23 bits per heavy atom. The predicted molar refractivity (Wildman–Crippen MR) is 136 cm³/mol. The fourth-order valence-corrected chi connectivity index (χ4v) is 5.57. The molecule has 0 bridgehead atoms. The Morgan fingerprint density at radius 3 is 2.86 bits per heavy atom. The first-order valence-electron chi connectivity index (χ1n) is 12.1. The maximum Gasteiger partial charge on any atom is 0.145 e. The van der Waals surface area contributed by atoms with Crippen molar-refractivity contribution in [1.82, 2.24) is 14.8 Å². The number of nitrogens with zero attached hydrogens (tertiary/aromatic N) is 4. The molecule has 2 aliphatic rings. The van der Waals surface area contributed by atoms with Crippen molar-refractivity contribution in [2.45, 2.75) is 38.5 Å². The van der Waals surface area contributed by atoms with Crippen LogP contribution in [0.25, 0.3) is 10.2 Å². The monoisotopic (exact) mass is 498 g/mol. The van der Waals surface area contributed by atoms with Crippen molar-refractivity contribution in [2.75, 3.05) is 39.3 Å². The van der Waals surface area contributed by atoms with E-state index in [-0.39, 0.29) is 18.5 Å². The number of fused-ring (bicyclic) bond motifs is 1. The largest absolute Gasteiger partial charge is 0.491 e. The molecule has 3 aromatic rings. The highest BCUT2D eigenvalue weighted by Gasteiger charge is 2.30. The van der Waals surface area contributed by atoms with Crippen LogP contribution in [-0.2, 0) is 4.84 Å². The molecule has 9 heteroatoms. The number of benzene rings is 2. The lowest BCUT2D eigenvalue weighted by molar-refractivity contribution is -0.000999. The number of halogens is 1. The van der Waals surface area contributed by atoms with Crippen molar-refractivity contribution >= 4 is 27.3 Å². The molecule has 1 aromatic heterocycles.